The van der Waals surface area contributed by atoms with E-state index >= 15 is 0 Å². The van der Waals surface area contributed by atoms with E-state index in [2.05, 4.69) is 43.1 Å². The van der Waals surface area contributed by atoms with Crippen LogP contribution in [0.2, 0.25) is 0 Å². The highest BCUT2D eigenvalue weighted by atomic mass is 16.5. The van der Waals surface area contributed by atoms with Gasteiger partial charge in [-0.2, -0.15) is 0 Å². The highest BCUT2D eigenvalue weighted by Gasteiger charge is 2.17. The zero-order valence-electron chi connectivity index (χ0n) is 17.5. The van der Waals surface area contributed by atoms with Crippen LogP contribution in [0, 0.1) is 12.8 Å². The Morgan fingerprint density at radius 1 is 1.07 bits per heavy atom. The molecule has 3 heteroatoms. The maximum atomic E-state index is 12.3. The van der Waals surface area contributed by atoms with E-state index in [-0.39, 0.29) is 5.97 Å². The number of carbonyl (C=O) groups is 1. The van der Waals surface area contributed by atoms with Gasteiger partial charge in [0.2, 0.25) is 0 Å². The summed E-state index contributed by atoms with van der Waals surface area (Å²) in [5.74, 6) is 0.621. The first-order chi connectivity index (χ1) is 13.6. The Bertz CT molecular complexity index is 793. The summed E-state index contributed by atoms with van der Waals surface area (Å²) in [6.45, 7) is 4.11. The van der Waals surface area contributed by atoms with Crippen molar-refractivity contribution in [1.29, 1.82) is 0 Å². The van der Waals surface area contributed by atoms with E-state index in [1.165, 1.54) is 51.2 Å². The van der Waals surface area contributed by atoms with Crippen molar-refractivity contribution in [2.45, 2.75) is 52.0 Å². The lowest BCUT2D eigenvalue weighted by atomic mass is 9.87. The molecule has 3 nitrogen and oxygen atoms in total. The normalized spacial score (nSPS) is 15.0. The Labute approximate surface area is 169 Å². The maximum Gasteiger partial charge on any atom is 0.338 e. The second-order valence-electron chi connectivity index (χ2n) is 8.22. The molecule has 150 valence electrons. The van der Waals surface area contributed by atoms with Crippen molar-refractivity contribution in [2.24, 2.45) is 5.92 Å². The van der Waals surface area contributed by atoms with Gasteiger partial charge in [0.1, 0.15) is 0 Å². The number of hydrogen-bond acceptors (Lipinski definition) is 3. The summed E-state index contributed by atoms with van der Waals surface area (Å²) >= 11 is 0. The molecule has 0 bridgehead atoms. The molecule has 0 atom stereocenters. The molecule has 0 heterocycles. The Morgan fingerprint density at radius 3 is 2.54 bits per heavy atom. The van der Waals surface area contributed by atoms with Gasteiger partial charge in [0.15, 0.2) is 0 Å². The summed E-state index contributed by atoms with van der Waals surface area (Å²) in [5.41, 5.74) is 5.08. The summed E-state index contributed by atoms with van der Waals surface area (Å²) in [7, 11) is 3.64. The molecule has 0 radical (unpaired) electrons. The van der Waals surface area contributed by atoms with E-state index in [1.54, 1.807) is 0 Å². The van der Waals surface area contributed by atoms with E-state index in [0.717, 1.165) is 35.7 Å². The predicted molar refractivity (Wildman–Crippen MR) is 115 cm³/mol. The zero-order chi connectivity index (χ0) is 19.9. The molecule has 0 unspecified atom stereocenters. The quantitative estimate of drug-likeness (QED) is 0.565. The predicted octanol–water partition coefficient (Wildman–Crippen LogP) is 5.85. The Hall–Kier alpha value is -2.13. The van der Waals surface area contributed by atoms with Crippen molar-refractivity contribution in [3.05, 3.63) is 59.2 Å². The fourth-order valence-electron chi connectivity index (χ4n) is 4.35. The first-order valence-corrected chi connectivity index (χ1v) is 10.5. The molecule has 1 aliphatic carbocycles. The van der Waals surface area contributed by atoms with Gasteiger partial charge in [0, 0.05) is 6.54 Å². The molecule has 3 rings (SSSR count). The fraction of sp³-hybridized carbons (Fsp3) is 0.480. The van der Waals surface area contributed by atoms with Crippen molar-refractivity contribution >= 4 is 5.97 Å². The molecule has 0 spiro atoms. The van der Waals surface area contributed by atoms with Crippen LogP contribution >= 0.6 is 0 Å². The van der Waals surface area contributed by atoms with Gasteiger partial charge in [-0.25, -0.2) is 4.79 Å². The molecule has 1 fully saturated rings. The lowest BCUT2D eigenvalue weighted by molar-refractivity contribution is 0.0601. The molecule has 0 aromatic heterocycles. The molecular weight excluding hydrogens is 346 g/mol. The topological polar surface area (TPSA) is 29.5 Å². The number of esters is 1. The molecule has 0 N–H and O–H groups in total. The van der Waals surface area contributed by atoms with Gasteiger partial charge in [0.05, 0.1) is 12.7 Å². The Balaban J connectivity index is 1.75. The van der Waals surface area contributed by atoms with Crippen molar-refractivity contribution in [3.8, 4) is 11.1 Å². The van der Waals surface area contributed by atoms with Crippen LogP contribution in [-0.4, -0.2) is 31.6 Å². The fourth-order valence-corrected chi connectivity index (χ4v) is 4.35. The molecule has 28 heavy (non-hydrogen) atoms. The van der Waals surface area contributed by atoms with E-state index in [9.17, 15) is 4.79 Å². The third kappa shape index (κ3) is 5.23. The lowest BCUT2D eigenvalue weighted by Crippen LogP contribution is -2.22. The molecule has 1 saturated carbocycles. The number of ether oxygens (including phenoxy) is 1. The average molecular weight is 380 g/mol. The number of aryl methyl sites for hydroxylation is 1. The summed E-state index contributed by atoms with van der Waals surface area (Å²) in [6, 6.07) is 14.3. The minimum absolute atomic E-state index is 0.282. The summed E-state index contributed by atoms with van der Waals surface area (Å²) in [6.07, 6.45) is 8.33. The minimum Gasteiger partial charge on any atom is -0.465 e. The van der Waals surface area contributed by atoms with Crippen LogP contribution in [0.1, 0.15) is 60.0 Å². The maximum absolute atomic E-state index is 12.3. The van der Waals surface area contributed by atoms with Crippen LogP contribution in [0.5, 0.6) is 0 Å². The van der Waals surface area contributed by atoms with E-state index < -0.39 is 0 Å². The average Bonchev–Trinajstić information content (AvgIpc) is 2.73. The number of hydrogen-bond donors (Lipinski definition) is 0. The van der Waals surface area contributed by atoms with Gasteiger partial charge in [-0.15, -0.1) is 0 Å². The van der Waals surface area contributed by atoms with E-state index in [0.29, 0.717) is 5.56 Å². The molecule has 2 aromatic carbocycles. The molecular formula is C25H33NO2. The number of carbonyl (C=O) groups excluding carboxylic acids is 1. The van der Waals surface area contributed by atoms with Crippen LogP contribution in [-0.2, 0) is 11.3 Å². The number of rotatable bonds is 7. The molecule has 1 aliphatic rings. The van der Waals surface area contributed by atoms with Crippen molar-refractivity contribution in [1.82, 2.24) is 4.90 Å². The van der Waals surface area contributed by atoms with Crippen molar-refractivity contribution in [3.63, 3.8) is 0 Å². The number of benzene rings is 2. The summed E-state index contributed by atoms with van der Waals surface area (Å²) < 4.78 is 5.02. The molecule has 0 saturated heterocycles. The zero-order valence-corrected chi connectivity index (χ0v) is 17.5. The van der Waals surface area contributed by atoms with Gasteiger partial charge in [-0.05, 0) is 67.2 Å². The van der Waals surface area contributed by atoms with E-state index in [4.69, 9.17) is 4.74 Å². The Morgan fingerprint density at radius 2 is 1.82 bits per heavy atom. The van der Waals surface area contributed by atoms with Crippen LogP contribution in [0.4, 0.5) is 0 Å². The highest BCUT2D eigenvalue weighted by Crippen LogP contribution is 2.29. The van der Waals surface area contributed by atoms with Crippen LogP contribution < -0.4 is 0 Å². The molecule has 0 aliphatic heterocycles. The minimum atomic E-state index is -0.282. The van der Waals surface area contributed by atoms with E-state index in [1.807, 2.05) is 18.2 Å². The second-order valence-corrected chi connectivity index (χ2v) is 8.22. The summed E-state index contributed by atoms with van der Waals surface area (Å²) in [5, 5.41) is 0. The van der Waals surface area contributed by atoms with Crippen LogP contribution in [0.3, 0.4) is 0 Å². The van der Waals surface area contributed by atoms with Gasteiger partial charge in [-0.1, -0.05) is 62.4 Å². The molecule has 2 aromatic rings. The largest absolute Gasteiger partial charge is 0.465 e. The molecule has 0 amide bonds. The SMILES string of the molecule is COC(=O)c1ccc(CN(C)CCC2CCCCC2)cc1-c1ccccc1C. The smallest absolute Gasteiger partial charge is 0.338 e. The standard InChI is InChI=1S/C25H33NO2/c1-19-9-7-8-12-22(19)24-17-21(13-14-23(24)25(27)28-3)18-26(2)16-15-20-10-5-4-6-11-20/h7-9,12-14,17,20H,4-6,10-11,15-16,18H2,1-3H3. The number of methoxy groups -OCH3 is 1. The van der Waals surface area contributed by atoms with Gasteiger partial charge < -0.3 is 9.64 Å². The third-order valence-electron chi connectivity index (χ3n) is 6.02. The lowest BCUT2D eigenvalue weighted by Gasteiger charge is -2.25. The number of nitrogens with zero attached hydrogens (tertiary/aromatic N) is 1. The van der Waals surface area contributed by atoms with Crippen LogP contribution in [0.15, 0.2) is 42.5 Å². The van der Waals surface area contributed by atoms with Crippen LogP contribution in [0.25, 0.3) is 11.1 Å². The highest BCUT2D eigenvalue weighted by molar-refractivity contribution is 5.97. The summed E-state index contributed by atoms with van der Waals surface area (Å²) in [4.78, 5) is 14.7. The monoisotopic (exact) mass is 379 g/mol. The Kier molecular flexibility index (Phi) is 7.27. The van der Waals surface area contributed by atoms with Gasteiger partial charge >= 0.3 is 5.97 Å². The third-order valence-corrected chi connectivity index (χ3v) is 6.02. The van der Waals surface area contributed by atoms with Gasteiger partial charge in [-0.3, -0.25) is 0 Å². The van der Waals surface area contributed by atoms with Crippen molar-refractivity contribution < 1.29 is 9.53 Å². The second kappa shape index (κ2) is 9.88. The first kappa shape index (κ1) is 20.6. The van der Waals surface area contributed by atoms with Gasteiger partial charge in [0.25, 0.3) is 0 Å². The first-order valence-electron chi connectivity index (χ1n) is 10.5. The van der Waals surface area contributed by atoms with Crippen molar-refractivity contribution in [2.75, 3.05) is 20.7 Å².